The van der Waals surface area contributed by atoms with Gasteiger partial charge >= 0.3 is 0 Å². The second kappa shape index (κ2) is 7.27. The molecule has 1 saturated heterocycles. The SMILES string of the molecule is Cc1ccccc1NCC(=O)N(c1ccccc1)[C@H]1CCS(=O)(=O)C1. The van der Waals surface area contributed by atoms with Crippen molar-refractivity contribution in [2.75, 3.05) is 28.3 Å². The Bertz CT molecular complexity index is 850. The van der Waals surface area contributed by atoms with Crippen molar-refractivity contribution in [2.24, 2.45) is 0 Å². The normalized spacial score (nSPS) is 18.7. The van der Waals surface area contributed by atoms with Crippen LogP contribution >= 0.6 is 0 Å². The molecule has 0 spiro atoms. The molecule has 2 aromatic rings. The maximum Gasteiger partial charge on any atom is 0.246 e. The van der Waals surface area contributed by atoms with Gasteiger partial charge in [-0.3, -0.25) is 4.79 Å². The Kier molecular flexibility index (Phi) is 5.08. The number of para-hydroxylation sites is 2. The molecular formula is C19H22N2O3S. The van der Waals surface area contributed by atoms with E-state index in [0.29, 0.717) is 6.42 Å². The molecule has 1 N–H and O–H groups in total. The maximum absolute atomic E-state index is 12.9. The van der Waals surface area contributed by atoms with Crippen molar-refractivity contribution in [3.8, 4) is 0 Å². The van der Waals surface area contributed by atoms with E-state index in [2.05, 4.69) is 5.32 Å². The molecule has 0 aromatic heterocycles. The van der Waals surface area contributed by atoms with Crippen LogP contribution in [-0.4, -0.2) is 38.4 Å². The fourth-order valence-electron chi connectivity index (χ4n) is 3.15. The van der Waals surface area contributed by atoms with Gasteiger partial charge in [0.05, 0.1) is 24.1 Å². The van der Waals surface area contributed by atoms with E-state index in [1.54, 1.807) is 4.90 Å². The smallest absolute Gasteiger partial charge is 0.246 e. The van der Waals surface area contributed by atoms with Gasteiger partial charge in [-0.2, -0.15) is 0 Å². The van der Waals surface area contributed by atoms with Gasteiger partial charge in [0.2, 0.25) is 5.91 Å². The van der Waals surface area contributed by atoms with Crippen LogP contribution in [0.15, 0.2) is 54.6 Å². The molecule has 1 amide bonds. The molecule has 0 bridgehead atoms. The molecule has 1 aliphatic heterocycles. The van der Waals surface area contributed by atoms with E-state index in [4.69, 9.17) is 0 Å². The van der Waals surface area contributed by atoms with Crippen LogP contribution in [0.5, 0.6) is 0 Å². The summed E-state index contributed by atoms with van der Waals surface area (Å²) in [6.07, 6.45) is 0.479. The fourth-order valence-corrected chi connectivity index (χ4v) is 4.85. The zero-order chi connectivity index (χ0) is 17.9. The Morgan fingerprint density at radius 1 is 1.12 bits per heavy atom. The predicted molar refractivity (Wildman–Crippen MR) is 101 cm³/mol. The number of carbonyl (C=O) groups excluding carboxylic acids is 1. The average Bonchev–Trinajstić information content (AvgIpc) is 2.95. The molecule has 1 atom stereocenters. The summed E-state index contributed by atoms with van der Waals surface area (Å²) in [5.41, 5.74) is 2.70. The van der Waals surface area contributed by atoms with Crippen LogP contribution in [0.25, 0.3) is 0 Å². The second-order valence-corrected chi connectivity index (χ2v) is 8.55. The summed E-state index contributed by atoms with van der Waals surface area (Å²) in [7, 11) is -3.07. The number of anilines is 2. The summed E-state index contributed by atoms with van der Waals surface area (Å²) in [5.74, 6) is 0.0360. The Morgan fingerprint density at radius 2 is 1.80 bits per heavy atom. The number of rotatable bonds is 5. The van der Waals surface area contributed by atoms with E-state index >= 15 is 0 Å². The zero-order valence-electron chi connectivity index (χ0n) is 14.2. The minimum absolute atomic E-state index is 0.0258. The third kappa shape index (κ3) is 4.20. The summed E-state index contributed by atoms with van der Waals surface area (Å²) < 4.78 is 23.7. The highest BCUT2D eigenvalue weighted by atomic mass is 32.2. The molecule has 0 aliphatic carbocycles. The quantitative estimate of drug-likeness (QED) is 0.892. The van der Waals surface area contributed by atoms with Crippen molar-refractivity contribution in [1.29, 1.82) is 0 Å². The van der Waals surface area contributed by atoms with Gasteiger partial charge in [-0.25, -0.2) is 8.42 Å². The van der Waals surface area contributed by atoms with E-state index in [0.717, 1.165) is 16.9 Å². The van der Waals surface area contributed by atoms with Gasteiger partial charge in [0.1, 0.15) is 0 Å². The molecule has 6 heteroatoms. The zero-order valence-corrected chi connectivity index (χ0v) is 15.0. The molecule has 132 valence electrons. The molecule has 0 saturated carbocycles. The highest BCUT2D eigenvalue weighted by molar-refractivity contribution is 7.91. The number of carbonyl (C=O) groups is 1. The third-order valence-corrected chi connectivity index (χ3v) is 6.20. The van der Waals surface area contributed by atoms with E-state index in [1.165, 1.54) is 0 Å². The molecule has 3 rings (SSSR count). The number of nitrogens with one attached hydrogen (secondary N) is 1. The van der Waals surface area contributed by atoms with Gasteiger partial charge in [0, 0.05) is 11.4 Å². The molecule has 2 aromatic carbocycles. The molecule has 25 heavy (non-hydrogen) atoms. The Balaban J connectivity index is 1.79. The van der Waals surface area contributed by atoms with Gasteiger partial charge in [-0.05, 0) is 37.1 Å². The molecule has 1 heterocycles. The molecular weight excluding hydrogens is 336 g/mol. The first-order valence-corrected chi connectivity index (χ1v) is 10.2. The van der Waals surface area contributed by atoms with E-state index in [9.17, 15) is 13.2 Å². The van der Waals surface area contributed by atoms with Gasteiger partial charge < -0.3 is 10.2 Å². The van der Waals surface area contributed by atoms with Crippen molar-refractivity contribution < 1.29 is 13.2 Å². The third-order valence-electron chi connectivity index (χ3n) is 4.45. The number of nitrogens with zero attached hydrogens (tertiary/aromatic N) is 1. The second-order valence-electron chi connectivity index (χ2n) is 6.32. The van der Waals surface area contributed by atoms with Gasteiger partial charge in [-0.1, -0.05) is 36.4 Å². The Labute approximate surface area is 148 Å². The van der Waals surface area contributed by atoms with E-state index in [1.807, 2.05) is 61.5 Å². The van der Waals surface area contributed by atoms with Crippen LogP contribution < -0.4 is 10.2 Å². The highest BCUT2D eigenvalue weighted by Crippen LogP contribution is 2.25. The van der Waals surface area contributed by atoms with Gasteiger partial charge in [-0.15, -0.1) is 0 Å². The van der Waals surface area contributed by atoms with Crippen LogP contribution in [-0.2, 0) is 14.6 Å². The van der Waals surface area contributed by atoms with Crippen LogP contribution in [0.2, 0.25) is 0 Å². The van der Waals surface area contributed by atoms with Crippen LogP contribution in [0.4, 0.5) is 11.4 Å². The summed E-state index contributed by atoms with van der Waals surface area (Å²) in [6, 6.07) is 16.7. The molecule has 0 unspecified atom stereocenters. The van der Waals surface area contributed by atoms with E-state index < -0.39 is 9.84 Å². The summed E-state index contributed by atoms with van der Waals surface area (Å²) in [6.45, 7) is 2.10. The van der Waals surface area contributed by atoms with Crippen molar-refractivity contribution in [2.45, 2.75) is 19.4 Å². The topological polar surface area (TPSA) is 66.5 Å². The number of hydrogen-bond donors (Lipinski definition) is 1. The minimum Gasteiger partial charge on any atom is -0.376 e. The Morgan fingerprint density at radius 3 is 2.44 bits per heavy atom. The number of benzene rings is 2. The number of sulfone groups is 1. The average molecular weight is 358 g/mol. The lowest BCUT2D eigenvalue weighted by atomic mass is 10.1. The van der Waals surface area contributed by atoms with Crippen molar-refractivity contribution in [3.05, 3.63) is 60.2 Å². The monoisotopic (exact) mass is 358 g/mol. The fraction of sp³-hybridized carbons (Fsp3) is 0.316. The molecule has 5 nitrogen and oxygen atoms in total. The number of aryl methyl sites for hydroxylation is 1. The molecule has 1 fully saturated rings. The van der Waals surface area contributed by atoms with Crippen LogP contribution in [0.3, 0.4) is 0 Å². The van der Waals surface area contributed by atoms with Crippen LogP contribution in [0.1, 0.15) is 12.0 Å². The van der Waals surface area contributed by atoms with Crippen molar-refractivity contribution in [3.63, 3.8) is 0 Å². The predicted octanol–water partition coefficient (Wildman–Crippen LogP) is 2.63. The van der Waals surface area contributed by atoms with E-state index in [-0.39, 0.29) is 30.0 Å². The highest BCUT2D eigenvalue weighted by Gasteiger charge is 2.35. The first-order chi connectivity index (χ1) is 12.0. The number of amides is 1. The summed E-state index contributed by atoms with van der Waals surface area (Å²) >= 11 is 0. The summed E-state index contributed by atoms with van der Waals surface area (Å²) in [4.78, 5) is 14.5. The Hall–Kier alpha value is -2.34. The maximum atomic E-state index is 12.9. The lowest BCUT2D eigenvalue weighted by Crippen LogP contribution is -2.44. The lowest BCUT2D eigenvalue weighted by molar-refractivity contribution is -0.117. The largest absolute Gasteiger partial charge is 0.376 e. The standard InChI is InChI=1S/C19H22N2O3S/c1-15-7-5-6-10-18(15)20-13-19(22)21(16-8-3-2-4-9-16)17-11-12-25(23,24)14-17/h2-10,17,20H,11-14H2,1H3/t17-/m0/s1. The van der Waals surface area contributed by atoms with Crippen molar-refractivity contribution in [1.82, 2.24) is 0 Å². The van der Waals surface area contributed by atoms with Crippen molar-refractivity contribution >= 4 is 27.1 Å². The first-order valence-electron chi connectivity index (χ1n) is 8.33. The molecule has 0 radical (unpaired) electrons. The number of hydrogen-bond acceptors (Lipinski definition) is 4. The lowest BCUT2D eigenvalue weighted by Gasteiger charge is -2.28. The van der Waals surface area contributed by atoms with Gasteiger partial charge in [0.15, 0.2) is 9.84 Å². The van der Waals surface area contributed by atoms with Crippen LogP contribution in [0, 0.1) is 6.92 Å². The first kappa shape index (κ1) is 17.5. The van der Waals surface area contributed by atoms with Gasteiger partial charge in [0.25, 0.3) is 0 Å². The molecule has 1 aliphatic rings. The minimum atomic E-state index is -3.07. The summed E-state index contributed by atoms with van der Waals surface area (Å²) in [5, 5.41) is 3.17.